The Morgan fingerprint density at radius 2 is 1.88 bits per heavy atom. The van der Waals surface area contributed by atoms with Crippen molar-refractivity contribution in [3.63, 3.8) is 0 Å². The number of anilines is 1. The van der Waals surface area contributed by atoms with Crippen LogP contribution in [0.3, 0.4) is 0 Å². The Labute approximate surface area is 95.9 Å². The van der Waals surface area contributed by atoms with Gasteiger partial charge in [-0.05, 0) is 38.0 Å². The molecule has 0 fully saturated rings. The molecule has 1 heterocycles. The normalized spacial score (nSPS) is 10.5. The van der Waals surface area contributed by atoms with Gasteiger partial charge in [-0.25, -0.2) is 0 Å². The Hall–Kier alpha value is -1.77. The molecule has 0 bridgehead atoms. The molecule has 0 spiro atoms. The van der Waals surface area contributed by atoms with Crippen molar-refractivity contribution in [1.29, 1.82) is 0 Å². The molecular weight excluding hydrogens is 198 g/mol. The second-order valence-corrected chi connectivity index (χ2v) is 4.12. The molecular formula is C13H17N3. The van der Waals surface area contributed by atoms with Crippen molar-refractivity contribution in [3.8, 4) is 11.3 Å². The monoisotopic (exact) mass is 215 g/mol. The molecule has 84 valence electrons. The zero-order chi connectivity index (χ0) is 11.7. The van der Waals surface area contributed by atoms with Gasteiger partial charge >= 0.3 is 0 Å². The van der Waals surface area contributed by atoms with E-state index in [0.717, 1.165) is 22.6 Å². The van der Waals surface area contributed by atoms with Crippen LogP contribution in [-0.2, 0) is 0 Å². The summed E-state index contributed by atoms with van der Waals surface area (Å²) >= 11 is 0. The minimum absolute atomic E-state index is 0.989. The van der Waals surface area contributed by atoms with E-state index in [-0.39, 0.29) is 0 Å². The molecule has 1 aromatic carbocycles. The van der Waals surface area contributed by atoms with Crippen molar-refractivity contribution >= 4 is 5.69 Å². The smallest absolute Gasteiger partial charge is 0.115 e. The van der Waals surface area contributed by atoms with Gasteiger partial charge in [0.15, 0.2) is 0 Å². The van der Waals surface area contributed by atoms with Gasteiger partial charge in [-0.15, -0.1) is 0 Å². The number of hydrogen-bond donors (Lipinski definition) is 2. The molecule has 2 aromatic rings. The van der Waals surface area contributed by atoms with E-state index in [2.05, 4.69) is 47.6 Å². The lowest BCUT2D eigenvalue weighted by Crippen LogP contribution is -1.92. The van der Waals surface area contributed by atoms with Gasteiger partial charge in [-0.1, -0.05) is 12.1 Å². The maximum absolute atomic E-state index is 4.34. The van der Waals surface area contributed by atoms with Crippen molar-refractivity contribution in [2.24, 2.45) is 0 Å². The first-order valence-corrected chi connectivity index (χ1v) is 5.44. The maximum Gasteiger partial charge on any atom is 0.115 e. The molecule has 0 unspecified atom stereocenters. The quantitative estimate of drug-likeness (QED) is 0.808. The lowest BCUT2D eigenvalue weighted by molar-refractivity contribution is 1.05. The maximum atomic E-state index is 4.34. The highest BCUT2D eigenvalue weighted by atomic mass is 15.1. The Morgan fingerprint density at radius 1 is 1.12 bits per heavy atom. The summed E-state index contributed by atoms with van der Waals surface area (Å²) in [6.07, 6.45) is 0. The molecule has 3 heteroatoms. The number of aryl methyl sites for hydroxylation is 3. The van der Waals surface area contributed by atoms with Gasteiger partial charge in [0.05, 0.1) is 11.4 Å². The van der Waals surface area contributed by atoms with Crippen LogP contribution in [0.2, 0.25) is 0 Å². The lowest BCUT2D eigenvalue weighted by Gasteiger charge is -2.05. The van der Waals surface area contributed by atoms with E-state index in [0.29, 0.717) is 0 Å². The second kappa shape index (κ2) is 4.00. The van der Waals surface area contributed by atoms with Crippen LogP contribution in [0, 0.1) is 20.8 Å². The second-order valence-electron chi connectivity index (χ2n) is 4.12. The third-order valence-corrected chi connectivity index (χ3v) is 2.98. The molecule has 1 aromatic heterocycles. The van der Waals surface area contributed by atoms with Crippen LogP contribution in [0.15, 0.2) is 18.2 Å². The Morgan fingerprint density at radius 3 is 2.50 bits per heavy atom. The predicted octanol–water partition coefficient (Wildman–Crippen LogP) is 3.04. The van der Waals surface area contributed by atoms with Crippen molar-refractivity contribution in [1.82, 2.24) is 10.2 Å². The molecule has 2 N–H and O–H groups in total. The van der Waals surface area contributed by atoms with E-state index in [1.807, 2.05) is 14.0 Å². The summed E-state index contributed by atoms with van der Waals surface area (Å²) in [5.74, 6) is 0. The number of benzene rings is 1. The third-order valence-electron chi connectivity index (χ3n) is 2.98. The van der Waals surface area contributed by atoms with Crippen LogP contribution in [0.1, 0.15) is 16.8 Å². The number of rotatable bonds is 2. The van der Waals surface area contributed by atoms with Crippen LogP contribution in [0.5, 0.6) is 0 Å². The summed E-state index contributed by atoms with van der Waals surface area (Å²) in [7, 11) is 1.92. The van der Waals surface area contributed by atoms with Gasteiger partial charge in [0.2, 0.25) is 0 Å². The zero-order valence-electron chi connectivity index (χ0n) is 10.2. The van der Waals surface area contributed by atoms with Gasteiger partial charge in [-0.3, -0.25) is 5.10 Å². The average molecular weight is 215 g/mol. The summed E-state index contributed by atoms with van der Waals surface area (Å²) in [6.45, 7) is 6.26. The first kappa shape index (κ1) is 10.7. The van der Waals surface area contributed by atoms with Crippen LogP contribution in [0.4, 0.5) is 5.69 Å². The molecule has 0 aliphatic rings. The largest absolute Gasteiger partial charge is 0.385 e. The minimum atomic E-state index is 0.989. The van der Waals surface area contributed by atoms with Crippen LogP contribution < -0.4 is 5.32 Å². The number of hydrogen-bond acceptors (Lipinski definition) is 2. The van der Waals surface area contributed by atoms with Crippen LogP contribution >= 0.6 is 0 Å². The number of H-pyrrole nitrogens is 1. The molecule has 0 atom stereocenters. The summed E-state index contributed by atoms with van der Waals surface area (Å²) in [4.78, 5) is 0. The molecule has 0 saturated carbocycles. The van der Waals surface area contributed by atoms with Crippen molar-refractivity contribution < 1.29 is 0 Å². The molecule has 0 radical (unpaired) electrons. The SMILES string of the molecule is CNc1c(-c2ccc(C)c(C)c2)n[nH]c1C. The standard InChI is InChI=1S/C13H17N3/c1-8-5-6-11(7-9(8)2)13-12(14-4)10(3)15-16-13/h5-7,14H,1-4H3,(H,15,16). The Balaban J connectivity index is 2.54. The van der Waals surface area contributed by atoms with Gasteiger partial charge in [0.1, 0.15) is 5.69 Å². The van der Waals surface area contributed by atoms with Gasteiger partial charge in [0, 0.05) is 12.6 Å². The highest BCUT2D eigenvalue weighted by Crippen LogP contribution is 2.29. The molecule has 0 aliphatic heterocycles. The average Bonchev–Trinajstić information content (AvgIpc) is 2.63. The molecule has 0 aliphatic carbocycles. The summed E-state index contributed by atoms with van der Waals surface area (Å²) in [5, 5.41) is 10.5. The summed E-state index contributed by atoms with van der Waals surface area (Å²) in [6, 6.07) is 6.42. The van der Waals surface area contributed by atoms with E-state index in [9.17, 15) is 0 Å². The topological polar surface area (TPSA) is 40.7 Å². The van der Waals surface area contributed by atoms with E-state index >= 15 is 0 Å². The van der Waals surface area contributed by atoms with Crippen LogP contribution in [0.25, 0.3) is 11.3 Å². The lowest BCUT2D eigenvalue weighted by atomic mass is 10.0. The first-order valence-electron chi connectivity index (χ1n) is 5.44. The molecule has 2 rings (SSSR count). The zero-order valence-corrected chi connectivity index (χ0v) is 10.2. The third kappa shape index (κ3) is 1.69. The van der Waals surface area contributed by atoms with Crippen molar-refractivity contribution in [2.75, 3.05) is 12.4 Å². The molecule has 16 heavy (non-hydrogen) atoms. The summed E-state index contributed by atoms with van der Waals surface area (Å²) < 4.78 is 0. The van der Waals surface area contributed by atoms with Crippen LogP contribution in [-0.4, -0.2) is 17.2 Å². The number of aromatic nitrogens is 2. The fourth-order valence-electron chi connectivity index (χ4n) is 1.83. The van der Waals surface area contributed by atoms with Gasteiger partial charge < -0.3 is 5.32 Å². The fourth-order valence-corrected chi connectivity index (χ4v) is 1.83. The highest BCUT2D eigenvalue weighted by Gasteiger charge is 2.10. The van der Waals surface area contributed by atoms with Crippen molar-refractivity contribution in [3.05, 3.63) is 35.0 Å². The molecule has 3 nitrogen and oxygen atoms in total. The molecule has 0 amide bonds. The Bertz CT molecular complexity index is 512. The number of nitrogens with zero attached hydrogens (tertiary/aromatic N) is 1. The van der Waals surface area contributed by atoms with E-state index in [4.69, 9.17) is 0 Å². The number of aromatic amines is 1. The van der Waals surface area contributed by atoms with Crippen molar-refractivity contribution in [2.45, 2.75) is 20.8 Å². The number of nitrogens with one attached hydrogen (secondary N) is 2. The first-order chi connectivity index (χ1) is 7.63. The molecule has 0 saturated heterocycles. The van der Waals surface area contributed by atoms with E-state index in [1.54, 1.807) is 0 Å². The summed E-state index contributed by atoms with van der Waals surface area (Å²) in [5.41, 5.74) is 6.88. The van der Waals surface area contributed by atoms with Gasteiger partial charge in [0.25, 0.3) is 0 Å². The Kier molecular flexibility index (Phi) is 2.69. The van der Waals surface area contributed by atoms with E-state index < -0.39 is 0 Å². The fraction of sp³-hybridized carbons (Fsp3) is 0.308. The van der Waals surface area contributed by atoms with Gasteiger partial charge in [-0.2, -0.15) is 5.10 Å². The predicted molar refractivity (Wildman–Crippen MR) is 67.8 cm³/mol. The minimum Gasteiger partial charge on any atom is -0.385 e. The highest BCUT2D eigenvalue weighted by molar-refractivity contribution is 5.76. The van der Waals surface area contributed by atoms with E-state index in [1.165, 1.54) is 11.1 Å².